The molecule has 1 fully saturated rings. The average Bonchev–Trinajstić information content (AvgIpc) is 1.79. The molecule has 0 aromatic carbocycles. The van der Waals surface area contributed by atoms with E-state index in [-0.39, 0.29) is 17.1 Å². The van der Waals surface area contributed by atoms with Crippen molar-refractivity contribution in [2.45, 2.75) is 57.3 Å². The van der Waals surface area contributed by atoms with Gasteiger partial charge in [0.05, 0.1) is 6.10 Å². The third kappa shape index (κ3) is 1.79. The van der Waals surface area contributed by atoms with Gasteiger partial charge in [0, 0.05) is 17.1 Å². The van der Waals surface area contributed by atoms with Crippen molar-refractivity contribution >= 4 is 0 Å². The molecule has 1 heterocycles. The van der Waals surface area contributed by atoms with E-state index in [9.17, 15) is 5.11 Å². The first kappa shape index (κ1) is 9.96. The molecule has 1 rings (SSSR count). The summed E-state index contributed by atoms with van der Waals surface area (Å²) in [7, 11) is 0. The molecule has 0 unspecified atom stereocenters. The van der Waals surface area contributed by atoms with Crippen LogP contribution in [-0.2, 0) is 0 Å². The summed E-state index contributed by atoms with van der Waals surface area (Å²) in [5, 5.41) is 13.1. The highest BCUT2D eigenvalue weighted by molar-refractivity contribution is 5.04. The van der Waals surface area contributed by atoms with E-state index in [1.807, 2.05) is 13.8 Å². The van der Waals surface area contributed by atoms with E-state index >= 15 is 0 Å². The average molecular weight is 172 g/mol. The van der Waals surface area contributed by atoms with Crippen molar-refractivity contribution in [3.05, 3.63) is 0 Å². The van der Waals surface area contributed by atoms with Gasteiger partial charge in [0.15, 0.2) is 0 Å². The van der Waals surface area contributed by atoms with Gasteiger partial charge in [0.2, 0.25) is 0 Å². The van der Waals surface area contributed by atoms with Gasteiger partial charge >= 0.3 is 0 Å². The summed E-state index contributed by atoms with van der Waals surface area (Å²) in [5.74, 6) is 0. The number of aliphatic hydroxyl groups excluding tert-OH is 1. The SMILES string of the molecule is CC1(C)C[C@@H](N)[C@@H](O)C(C)(C)N1. The molecule has 0 spiro atoms. The van der Waals surface area contributed by atoms with Gasteiger partial charge in [-0.1, -0.05) is 0 Å². The molecule has 12 heavy (non-hydrogen) atoms. The summed E-state index contributed by atoms with van der Waals surface area (Å²) in [4.78, 5) is 0. The lowest BCUT2D eigenvalue weighted by Gasteiger charge is -2.48. The molecule has 4 N–H and O–H groups in total. The van der Waals surface area contributed by atoms with Gasteiger partial charge < -0.3 is 16.2 Å². The van der Waals surface area contributed by atoms with Crippen molar-refractivity contribution in [1.29, 1.82) is 0 Å². The molecule has 0 aromatic heterocycles. The van der Waals surface area contributed by atoms with Crippen molar-refractivity contribution in [3.8, 4) is 0 Å². The smallest absolute Gasteiger partial charge is 0.0867 e. The maximum Gasteiger partial charge on any atom is 0.0867 e. The fraction of sp³-hybridized carbons (Fsp3) is 1.00. The van der Waals surface area contributed by atoms with Crippen LogP contribution in [0.1, 0.15) is 34.1 Å². The molecular weight excluding hydrogens is 152 g/mol. The second kappa shape index (κ2) is 2.69. The second-order valence-electron chi connectivity index (χ2n) is 5.04. The minimum Gasteiger partial charge on any atom is -0.390 e. The molecule has 0 aromatic rings. The number of nitrogens with two attached hydrogens (primary N) is 1. The number of hydrogen-bond donors (Lipinski definition) is 3. The van der Waals surface area contributed by atoms with Crippen LogP contribution in [0.5, 0.6) is 0 Å². The Morgan fingerprint density at radius 3 is 2.25 bits per heavy atom. The number of nitrogens with one attached hydrogen (secondary N) is 1. The van der Waals surface area contributed by atoms with E-state index in [1.165, 1.54) is 0 Å². The molecule has 1 aliphatic heterocycles. The first-order chi connectivity index (χ1) is 5.25. The van der Waals surface area contributed by atoms with Gasteiger partial charge in [-0.25, -0.2) is 0 Å². The molecule has 0 saturated carbocycles. The Kier molecular flexibility index (Phi) is 2.23. The Morgan fingerprint density at radius 1 is 1.33 bits per heavy atom. The molecule has 0 radical (unpaired) electrons. The quantitative estimate of drug-likeness (QED) is 0.490. The summed E-state index contributed by atoms with van der Waals surface area (Å²) in [5.41, 5.74) is 5.59. The minimum atomic E-state index is -0.453. The van der Waals surface area contributed by atoms with Crippen LogP contribution in [0.25, 0.3) is 0 Å². The van der Waals surface area contributed by atoms with Crippen molar-refractivity contribution in [1.82, 2.24) is 5.32 Å². The van der Waals surface area contributed by atoms with E-state index < -0.39 is 6.10 Å². The summed E-state index contributed by atoms with van der Waals surface area (Å²) < 4.78 is 0. The normalized spacial score (nSPS) is 39.5. The zero-order chi connectivity index (χ0) is 9.57. The lowest BCUT2D eigenvalue weighted by Crippen LogP contribution is -2.69. The second-order valence-corrected chi connectivity index (χ2v) is 5.04. The van der Waals surface area contributed by atoms with Gasteiger partial charge in [0.1, 0.15) is 0 Å². The third-order valence-corrected chi connectivity index (χ3v) is 2.55. The highest BCUT2D eigenvalue weighted by atomic mass is 16.3. The van der Waals surface area contributed by atoms with Gasteiger partial charge in [0.25, 0.3) is 0 Å². The fourth-order valence-electron chi connectivity index (χ4n) is 2.23. The third-order valence-electron chi connectivity index (χ3n) is 2.55. The summed E-state index contributed by atoms with van der Waals surface area (Å²) in [6.45, 7) is 8.19. The predicted molar refractivity (Wildman–Crippen MR) is 49.9 cm³/mol. The van der Waals surface area contributed by atoms with Crippen LogP contribution in [0.15, 0.2) is 0 Å². The maximum atomic E-state index is 9.75. The summed E-state index contributed by atoms with van der Waals surface area (Å²) in [6, 6.07) is -0.115. The van der Waals surface area contributed by atoms with Crippen molar-refractivity contribution < 1.29 is 5.11 Å². The summed E-state index contributed by atoms with van der Waals surface area (Å²) in [6.07, 6.45) is 0.364. The lowest BCUT2D eigenvalue weighted by molar-refractivity contribution is -0.00216. The van der Waals surface area contributed by atoms with Gasteiger partial charge in [-0.3, -0.25) is 0 Å². The zero-order valence-electron chi connectivity index (χ0n) is 8.39. The largest absolute Gasteiger partial charge is 0.390 e. The van der Waals surface area contributed by atoms with Crippen LogP contribution in [0.3, 0.4) is 0 Å². The Morgan fingerprint density at radius 2 is 1.83 bits per heavy atom. The monoisotopic (exact) mass is 172 g/mol. The molecule has 3 heteroatoms. The first-order valence-electron chi connectivity index (χ1n) is 4.48. The van der Waals surface area contributed by atoms with Crippen LogP contribution >= 0.6 is 0 Å². The van der Waals surface area contributed by atoms with Crippen LogP contribution in [0, 0.1) is 0 Å². The molecule has 0 amide bonds. The predicted octanol–water partition coefficient (Wildman–Crippen LogP) is 0.225. The van der Waals surface area contributed by atoms with Crippen LogP contribution < -0.4 is 11.1 Å². The van der Waals surface area contributed by atoms with E-state index in [2.05, 4.69) is 19.2 Å². The van der Waals surface area contributed by atoms with E-state index in [0.29, 0.717) is 0 Å². The lowest BCUT2D eigenvalue weighted by atomic mass is 9.78. The summed E-state index contributed by atoms with van der Waals surface area (Å²) >= 11 is 0. The van der Waals surface area contributed by atoms with Crippen molar-refractivity contribution in [2.75, 3.05) is 0 Å². The zero-order valence-corrected chi connectivity index (χ0v) is 8.39. The molecule has 1 aliphatic rings. The highest BCUT2D eigenvalue weighted by Crippen LogP contribution is 2.27. The Hall–Kier alpha value is -0.120. The Balaban J connectivity index is 2.80. The van der Waals surface area contributed by atoms with E-state index in [1.54, 1.807) is 0 Å². The fourth-order valence-corrected chi connectivity index (χ4v) is 2.23. The van der Waals surface area contributed by atoms with Crippen molar-refractivity contribution in [3.63, 3.8) is 0 Å². The van der Waals surface area contributed by atoms with Crippen LogP contribution in [0.2, 0.25) is 0 Å². The Labute approximate surface area is 74.3 Å². The van der Waals surface area contributed by atoms with E-state index in [4.69, 9.17) is 5.73 Å². The minimum absolute atomic E-state index is 0.0299. The molecule has 0 aliphatic carbocycles. The number of hydrogen-bond acceptors (Lipinski definition) is 3. The van der Waals surface area contributed by atoms with Gasteiger partial charge in [-0.2, -0.15) is 0 Å². The molecule has 0 bridgehead atoms. The molecule has 1 saturated heterocycles. The molecular formula is C9H20N2O. The number of aliphatic hydroxyl groups is 1. The molecule has 72 valence electrons. The van der Waals surface area contributed by atoms with E-state index in [0.717, 1.165) is 6.42 Å². The van der Waals surface area contributed by atoms with Crippen LogP contribution in [-0.4, -0.2) is 28.3 Å². The molecule has 3 nitrogen and oxygen atoms in total. The highest BCUT2D eigenvalue weighted by Gasteiger charge is 2.43. The Bertz CT molecular complexity index is 177. The van der Waals surface area contributed by atoms with Crippen LogP contribution in [0.4, 0.5) is 0 Å². The number of piperidine rings is 1. The van der Waals surface area contributed by atoms with Crippen molar-refractivity contribution in [2.24, 2.45) is 5.73 Å². The standard InChI is InChI=1S/C9H20N2O/c1-8(2)5-6(10)7(12)9(3,4)11-8/h6-7,11-12H,5,10H2,1-4H3/t6-,7-/m1/s1. The van der Waals surface area contributed by atoms with Gasteiger partial charge in [-0.15, -0.1) is 0 Å². The molecule has 2 atom stereocenters. The maximum absolute atomic E-state index is 9.75. The first-order valence-corrected chi connectivity index (χ1v) is 4.48. The number of rotatable bonds is 0. The topological polar surface area (TPSA) is 58.3 Å². The van der Waals surface area contributed by atoms with Gasteiger partial charge in [-0.05, 0) is 34.1 Å².